The van der Waals surface area contributed by atoms with Crippen molar-refractivity contribution in [1.82, 2.24) is 4.98 Å². The van der Waals surface area contributed by atoms with Crippen LogP contribution in [0.25, 0.3) is 0 Å². The predicted octanol–water partition coefficient (Wildman–Crippen LogP) is 2.35. The second-order valence-corrected chi connectivity index (χ2v) is 4.26. The van der Waals surface area contributed by atoms with Crippen molar-refractivity contribution < 1.29 is 4.79 Å². The Morgan fingerprint density at radius 1 is 1.26 bits per heavy atom. The summed E-state index contributed by atoms with van der Waals surface area (Å²) in [5, 5.41) is 0. The standard InChI is InChI=1S/C15H16N2O2/c1-3-17(13-7-5-4-6-11(13)2)15(19)12-10-16-9-8-14(12)18/h4-10H,3H2,1-2H3,(H,16,18). The smallest absolute Gasteiger partial charge is 0.263 e. The Kier molecular flexibility index (Phi) is 3.80. The Morgan fingerprint density at radius 2 is 2.00 bits per heavy atom. The zero-order valence-corrected chi connectivity index (χ0v) is 11.0. The number of H-pyrrole nitrogens is 1. The van der Waals surface area contributed by atoms with Crippen LogP contribution in [-0.2, 0) is 0 Å². The van der Waals surface area contributed by atoms with Gasteiger partial charge in [-0.25, -0.2) is 0 Å². The molecule has 0 aliphatic carbocycles. The van der Waals surface area contributed by atoms with E-state index in [0.717, 1.165) is 11.3 Å². The number of nitrogens with zero attached hydrogens (tertiary/aromatic N) is 1. The van der Waals surface area contributed by atoms with E-state index < -0.39 is 0 Å². The van der Waals surface area contributed by atoms with E-state index in [1.807, 2.05) is 38.1 Å². The van der Waals surface area contributed by atoms with Gasteiger partial charge < -0.3 is 9.88 Å². The number of aromatic amines is 1. The predicted molar refractivity (Wildman–Crippen MR) is 75.6 cm³/mol. The Labute approximate surface area is 111 Å². The van der Waals surface area contributed by atoms with Gasteiger partial charge in [-0.1, -0.05) is 18.2 Å². The monoisotopic (exact) mass is 256 g/mol. The minimum Gasteiger partial charge on any atom is -0.367 e. The van der Waals surface area contributed by atoms with Gasteiger partial charge in [0.15, 0.2) is 5.43 Å². The summed E-state index contributed by atoms with van der Waals surface area (Å²) in [5.74, 6) is -0.279. The lowest BCUT2D eigenvalue weighted by molar-refractivity contribution is 0.0987. The van der Waals surface area contributed by atoms with E-state index in [2.05, 4.69) is 4.98 Å². The van der Waals surface area contributed by atoms with Gasteiger partial charge in [0.1, 0.15) is 5.56 Å². The molecule has 0 atom stereocenters. The van der Waals surface area contributed by atoms with Crippen LogP contribution >= 0.6 is 0 Å². The van der Waals surface area contributed by atoms with Crippen LogP contribution in [0.2, 0.25) is 0 Å². The Bertz CT molecular complexity index is 646. The first kappa shape index (κ1) is 13.1. The minimum absolute atomic E-state index is 0.160. The van der Waals surface area contributed by atoms with Crippen molar-refractivity contribution in [3.63, 3.8) is 0 Å². The van der Waals surface area contributed by atoms with E-state index in [1.165, 1.54) is 18.5 Å². The fourth-order valence-electron chi connectivity index (χ4n) is 2.02. The molecule has 1 heterocycles. The SMILES string of the molecule is CCN(C(=O)c1c[nH]ccc1=O)c1ccccc1C. The van der Waals surface area contributed by atoms with Crippen molar-refractivity contribution >= 4 is 11.6 Å². The third-order valence-electron chi connectivity index (χ3n) is 3.02. The van der Waals surface area contributed by atoms with Gasteiger partial charge in [-0.05, 0) is 25.5 Å². The first-order valence-corrected chi connectivity index (χ1v) is 6.19. The van der Waals surface area contributed by atoms with Crippen molar-refractivity contribution in [2.45, 2.75) is 13.8 Å². The summed E-state index contributed by atoms with van der Waals surface area (Å²) in [6, 6.07) is 8.99. The molecule has 1 amide bonds. The maximum absolute atomic E-state index is 12.5. The summed E-state index contributed by atoms with van der Waals surface area (Å²) in [7, 11) is 0. The molecule has 1 aromatic carbocycles. The fraction of sp³-hybridized carbons (Fsp3) is 0.200. The number of benzene rings is 1. The third-order valence-corrected chi connectivity index (χ3v) is 3.02. The molecule has 0 radical (unpaired) electrons. The van der Waals surface area contributed by atoms with Crippen molar-refractivity contribution in [2.24, 2.45) is 0 Å². The molecule has 0 saturated carbocycles. The average Bonchev–Trinajstić information content (AvgIpc) is 2.42. The van der Waals surface area contributed by atoms with Gasteiger partial charge in [-0.3, -0.25) is 9.59 Å². The van der Waals surface area contributed by atoms with E-state index in [1.54, 1.807) is 4.90 Å². The zero-order chi connectivity index (χ0) is 13.8. The van der Waals surface area contributed by atoms with Gasteiger partial charge in [0.2, 0.25) is 0 Å². The molecule has 0 fully saturated rings. The number of para-hydroxylation sites is 1. The lowest BCUT2D eigenvalue weighted by Crippen LogP contribution is -2.34. The third kappa shape index (κ3) is 2.57. The molecule has 2 rings (SSSR count). The number of amides is 1. The number of aromatic nitrogens is 1. The van der Waals surface area contributed by atoms with Crippen LogP contribution in [0.1, 0.15) is 22.8 Å². The molecule has 0 spiro atoms. The molecule has 4 nitrogen and oxygen atoms in total. The number of hydrogen-bond acceptors (Lipinski definition) is 2. The average molecular weight is 256 g/mol. The number of anilines is 1. The Morgan fingerprint density at radius 3 is 2.63 bits per heavy atom. The molecule has 0 aliphatic rings. The van der Waals surface area contributed by atoms with Crippen LogP contribution in [0.15, 0.2) is 47.5 Å². The van der Waals surface area contributed by atoms with Gasteiger partial charge in [0, 0.05) is 30.7 Å². The van der Waals surface area contributed by atoms with E-state index in [-0.39, 0.29) is 16.9 Å². The van der Waals surface area contributed by atoms with Crippen molar-refractivity contribution in [1.29, 1.82) is 0 Å². The number of pyridine rings is 1. The summed E-state index contributed by atoms with van der Waals surface area (Å²) in [6.07, 6.45) is 2.97. The zero-order valence-electron chi connectivity index (χ0n) is 11.0. The fourth-order valence-corrected chi connectivity index (χ4v) is 2.02. The first-order chi connectivity index (χ1) is 9.15. The lowest BCUT2D eigenvalue weighted by atomic mass is 10.1. The van der Waals surface area contributed by atoms with Gasteiger partial charge in [0.05, 0.1) is 0 Å². The normalized spacial score (nSPS) is 10.2. The van der Waals surface area contributed by atoms with Crippen LogP contribution in [0, 0.1) is 6.92 Å². The summed E-state index contributed by atoms with van der Waals surface area (Å²) < 4.78 is 0. The highest BCUT2D eigenvalue weighted by atomic mass is 16.2. The molecule has 1 aromatic heterocycles. The minimum atomic E-state index is -0.279. The van der Waals surface area contributed by atoms with Crippen LogP contribution in [0.4, 0.5) is 5.69 Å². The summed E-state index contributed by atoms with van der Waals surface area (Å²) >= 11 is 0. The number of rotatable bonds is 3. The Balaban J connectivity index is 2.44. The van der Waals surface area contributed by atoms with Gasteiger partial charge in [0.25, 0.3) is 5.91 Å². The van der Waals surface area contributed by atoms with E-state index in [9.17, 15) is 9.59 Å². The van der Waals surface area contributed by atoms with Crippen LogP contribution in [0.3, 0.4) is 0 Å². The van der Waals surface area contributed by atoms with Crippen LogP contribution in [0.5, 0.6) is 0 Å². The van der Waals surface area contributed by atoms with Gasteiger partial charge in [-0.2, -0.15) is 0 Å². The highest BCUT2D eigenvalue weighted by molar-refractivity contribution is 6.06. The van der Waals surface area contributed by atoms with Crippen molar-refractivity contribution in [3.8, 4) is 0 Å². The molecular formula is C15H16N2O2. The number of aryl methyl sites for hydroxylation is 1. The van der Waals surface area contributed by atoms with E-state index in [0.29, 0.717) is 6.54 Å². The quantitative estimate of drug-likeness (QED) is 0.916. The topological polar surface area (TPSA) is 53.2 Å². The second kappa shape index (κ2) is 5.52. The first-order valence-electron chi connectivity index (χ1n) is 6.19. The number of hydrogen-bond donors (Lipinski definition) is 1. The second-order valence-electron chi connectivity index (χ2n) is 4.26. The summed E-state index contributed by atoms with van der Waals surface area (Å²) in [6.45, 7) is 4.35. The summed E-state index contributed by atoms with van der Waals surface area (Å²) in [4.78, 5) is 28.6. The highest BCUT2D eigenvalue weighted by Gasteiger charge is 2.19. The number of carbonyl (C=O) groups excluding carboxylic acids is 1. The summed E-state index contributed by atoms with van der Waals surface area (Å²) in [5.41, 5.74) is 1.73. The molecule has 0 aliphatic heterocycles. The highest BCUT2D eigenvalue weighted by Crippen LogP contribution is 2.20. The van der Waals surface area contributed by atoms with Crippen molar-refractivity contribution in [2.75, 3.05) is 11.4 Å². The molecule has 2 aromatic rings. The van der Waals surface area contributed by atoms with Crippen LogP contribution in [-0.4, -0.2) is 17.4 Å². The maximum Gasteiger partial charge on any atom is 0.263 e. The molecule has 19 heavy (non-hydrogen) atoms. The number of carbonyl (C=O) groups is 1. The lowest BCUT2D eigenvalue weighted by Gasteiger charge is -2.22. The van der Waals surface area contributed by atoms with Gasteiger partial charge in [-0.15, -0.1) is 0 Å². The molecule has 1 N–H and O–H groups in total. The van der Waals surface area contributed by atoms with Crippen molar-refractivity contribution in [3.05, 3.63) is 64.1 Å². The Hall–Kier alpha value is -2.36. The van der Waals surface area contributed by atoms with Gasteiger partial charge >= 0.3 is 0 Å². The molecule has 0 saturated heterocycles. The maximum atomic E-state index is 12.5. The molecule has 0 bridgehead atoms. The largest absolute Gasteiger partial charge is 0.367 e. The van der Waals surface area contributed by atoms with E-state index >= 15 is 0 Å². The van der Waals surface area contributed by atoms with E-state index in [4.69, 9.17) is 0 Å². The molecule has 98 valence electrons. The molecule has 0 unspecified atom stereocenters. The molecule has 4 heteroatoms. The number of nitrogens with one attached hydrogen (secondary N) is 1. The van der Waals surface area contributed by atoms with Crippen LogP contribution < -0.4 is 10.3 Å². The molecular weight excluding hydrogens is 240 g/mol.